The summed E-state index contributed by atoms with van der Waals surface area (Å²) in [5.41, 5.74) is 7.47. The number of carbonyl (C=O) groups excluding carboxylic acids is 1. The average molecular weight is 275 g/mol. The summed E-state index contributed by atoms with van der Waals surface area (Å²) >= 11 is 0. The molecule has 3 N–H and O–H groups in total. The first-order chi connectivity index (χ1) is 9.78. The summed E-state index contributed by atoms with van der Waals surface area (Å²) in [6.45, 7) is 3.97. The molecule has 0 radical (unpaired) electrons. The van der Waals surface area contributed by atoms with Crippen LogP contribution < -0.4 is 11.1 Å². The van der Waals surface area contributed by atoms with E-state index in [4.69, 9.17) is 5.73 Å². The lowest BCUT2D eigenvalue weighted by atomic mass is 10.1. The highest BCUT2D eigenvalue weighted by Gasteiger charge is 2.10. The zero-order valence-corrected chi connectivity index (χ0v) is 12.1. The van der Waals surface area contributed by atoms with Gasteiger partial charge < -0.3 is 16.0 Å². The lowest BCUT2D eigenvalue weighted by Crippen LogP contribution is -2.31. The molecule has 4 nitrogen and oxygen atoms in total. The molecule has 1 heterocycles. The number of amides is 1. The van der Waals surface area contributed by atoms with Gasteiger partial charge in [0.05, 0.1) is 0 Å². The molecule has 2 rings (SSSR count). The first-order valence-electron chi connectivity index (χ1n) is 7.59. The van der Waals surface area contributed by atoms with Gasteiger partial charge in [0.15, 0.2) is 0 Å². The van der Waals surface area contributed by atoms with Crippen molar-refractivity contribution in [2.45, 2.75) is 38.6 Å². The van der Waals surface area contributed by atoms with Gasteiger partial charge in [-0.1, -0.05) is 18.6 Å². The van der Waals surface area contributed by atoms with Crippen molar-refractivity contribution in [1.29, 1.82) is 0 Å². The Hall–Kier alpha value is -1.39. The summed E-state index contributed by atoms with van der Waals surface area (Å²) < 4.78 is 0. The Morgan fingerprint density at radius 2 is 1.85 bits per heavy atom. The van der Waals surface area contributed by atoms with Crippen molar-refractivity contribution in [2.24, 2.45) is 5.73 Å². The van der Waals surface area contributed by atoms with Crippen LogP contribution in [0.2, 0.25) is 0 Å². The topological polar surface area (TPSA) is 58.4 Å². The number of carbonyl (C=O) groups is 1. The summed E-state index contributed by atoms with van der Waals surface area (Å²) in [4.78, 5) is 14.3. The number of rotatable bonds is 6. The van der Waals surface area contributed by atoms with E-state index in [0.29, 0.717) is 13.0 Å². The van der Waals surface area contributed by atoms with Crippen LogP contribution >= 0.6 is 0 Å². The van der Waals surface area contributed by atoms with Gasteiger partial charge in [-0.3, -0.25) is 4.79 Å². The monoisotopic (exact) mass is 275 g/mol. The van der Waals surface area contributed by atoms with Crippen LogP contribution in [0, 0.1) is 0 Å². The Labute approximate surface area is 121 Å². The van der Waals surface area contributed by atoms with Crippen molar-refractivity contribution in [1.82, 2.24) is 4.90 Å². The van der Waals surface area contributed by atoms with E-state index in [1.165, 1.54) is 32.4 Å². The summed E-state index contributed by atoms with van der Waals surface area (Å²) in [7, 11) is 0. The predicted octanol–water partition coefficient (Wildman–Crippen LogP) is 2.35. The fourth-order valence-electron chi connectivity index (χ4n) is 2.59. The van der Waals surface area contributed by atoms with Gasteiger partial charge in [-0.15, -0.1) is 0 Å². The Morgan fingerprint density at radius 1 is 1.15 bits per heavy atom. The minimum atomic E-state index is 0.0995. The van der Waals surface area contributed by atoms with Gasteiger partial charge in [0.25, 0.3) is 0 Å². The minimum Gasteiger partial charge on any atom is -0.326 e. The van der Waals surface area contributed by atoms with E-state index in [1.807, 2.05) is 24.3 Å². The van der Waals surface area contributed by atoms with Crippen LogP contribution in [0.25, 0.3) is 0 Å². The standard InChI is InChI=1S/C16H25N3O/c17-13-14-6-8-15(9-7-14)18-16(20)5-4-12-19-10-2-1-3-11-19/h6-9H,1-5,10-13,17H2,(H,18,20). The normalized spacial score (nSPS) is 16.1. The quantitative estimate of drug-likeness (QED) is 0.838. The summed E-state index contributed by atoms with van der Waals surface area (Å²) in [5.74, 6) is 0.0995. The number of nitrogens with zero attached hydrogens (tertiary/aromatic N) is 1. The van der Waals surface area contributed by atoms with Crippen molar-refractivity contribution in [3.05, 3.63) is 29.8 Å². The van der Waals surface area contributed by atoms with Gasteiger partial charge in [-0.05, 0) is 56.6 Å². The van der Waals surface area contributed by atoms with Crippen molar-refractivity contribution < 1.29 is 4.79 Å². The predicted molar refractivity (Wildman–Crippen MR) is 82.5 cm³/mol. The molecule has 1 aromatic rings. The minimum absolute atomic E-state index is 0.0995. The first kappa shape index (κ1) is 15.0. The molecular weight excluding hydrogens is 250 g/mol. The molecule has 0 aliphatic carbocycles. The number of nitrogens with two attached hydrogens (primary N) is 1. The maximum Gasteiger partial charge on any atom is 0.224 e. The average Bonchev–Trinajstić information content (AvgIpc) is 2.49. The van der Waals surface area contributed by atoms with Gasteiger partial charge in [0, 0.05) is 18.7 Å². The first-order valence-corrected chi connectivity index (χ1v) is 7.59. The smallest absolute Gasteiger partial charge is 0.224 e. The van der Waals surface area contributed by atoms with Crippen LogP contribution in [-0.4, -0.2) is 30.4 Å². The van der Waals surface area contributed by atoms with Crippen LogP contribution in [0.15, 0.2) is 24.3 Å². The number of piperidine rings is 1. The number of hydrogen-bond donors (Lipinski definition) is 2. The highest BCUT2D eigenvalue weighted by molar-refractivity contribution is 5.90. The molecule has 0 spiro atoms. The van der Waals surface area contributed by atoms with Crippen molar-refractivity contribution >= 4 is 11.6 Å². The number of anilines is 1. The lowest BCUT2D eigenvalue weighted by molar-refractivity contribution is -0.116. The maximum atomic E-state index is 11.9. The second-order valence-electron chi connectivity index (χ2n) is 5.46. The SMILES string of the molecule is NCc1ccc(NC(=O)CCCN2CCCCC2)cc1. The molecule has 20 heavy (non-hydrogen) atoms. The van der Waals surface area contributed by atoms with Crippen molar-refractivity contribution in [3.8, 4) is 0 Å². The molecule has 0 atom stereocenters. The third-order valence-electron chi connectivity index (χ3n) is 3.80. The Kier molecular flexibility index (Phi) is 6.02. The van der Waals surface area contributed by atoms with E-state index in [9.17, 15) is 4.79 Å². The third-order valence-corrected chi connectivity index (χ3v) is 3.80. The van der Waals surface area contributed by atoms with Gasteiger partial charge in [-0.25, -0.2) is 0 Å². The van der Waals surface area contributed by atoms with Crippen molar-refractivity contribution in [3.63, 3.8) is 0 Å². The van der Waals surface area contributed by atoms with Gasteiger partial charge in [-0.2, -0.15) is 0 Å². The van der Waals surface area contributed by atoms with Crippen molar-refractivity contribution in [2.75, 3.05) is 25.0 Å². The van der Waals surface area contributed by atoms with Gasteiger partial charge >= 0.3 is 0 Å². The maximum absolute atomic E-state index is 11.9. The van der Waals surface area contributed by atoms with Gasteiger partial charge in [0.1, 0.15) is 0 Å². The molecular formula is C16H25N3O. The van der Waals surface area contributed by atoms with Crippen LogP contribution in [0.5, 0.6) is 0 Å². The summed E-state index contributed by atoms with van der Waals surface area (Å²) in [6.07, 6.45) is 5.50. The molecule has 0 unspecified atom stereocenters. The van der Waals surface area contributed by atoms with E-state index < -0.39 is 0 Å². The van der Waals surface area contributed by atoms with E-state index >= 15 is 0 Å². The molecule has 0 bridgehead atoms. The Balaban J connectivity index is 1.66. The highest BCUT2D eigenvalue weighted by Crippen LogP contribution is 2.11. The summed E-state index contributed by atoms with van der Waals surface area (Å²) in [5, 5.41) is 2.93. The molecule has 1 aliphatic heterocycles. The third kappa shape index (κ3) is 4.94. The lowest BCUT2D eigenvalue weighted by Gasteiger charge is -2.26. The van der Waals surface area contributed by atoms with E-state index in [0.717, 1.165) is 24.2 Å². The van der Waals surface area contributed by atoms with Crippen LogP contribution in [0.3, 0.4) is 0 Å². The second kappa shape index (κ2) is 8.02. The summed E-state index contributed by atoms with van der Waals surface area (Å²) in [6, 6.07) is 7.71. The fourth-order valence-corrected chi connectivity index (χ4v) is 2.59. The number of benzene rings is 1. The molecule has 1 amide bonds. The molecule has 1 aliphatic rings. The molecule has 0 aromatic heterocycles. The fraction of sp³-hybridized carbons (Fsp3) is 0.562. The molecule has 110 valence electrons. The second-order valence-corrected chi connectivity index (χ2v) is 5.46. The Bertz CT molecular complexity index is 410. The van der Waals surface area contributed by atoms with Gasteiger partial charge in [0.2, 0.25) is 5.91 Å². The van der Waals surface area contributed by atoms with Crippen LogP contribution in [0.1, 0.15) is 37.7 Å². The molecule has 1 aromatic carbocycles. The zero-order chi connectivity index (χ0) is 14.2. The molecule has 4 heteroatoms. The molecule has 1 fully saturated rings. The number of hydrogen-bond acceptors (Lipinski definition) is 3. The molecule has 0 saturated carbocycles. The van der Waals surface area contributed by atoms with Crippen LogP contribution in [-0.2, 0) is 11.3 Å². The number of likely N-dealkylation sites (tertiary alicyclic amines) is 1. The zero-order valence-electron chi connectivity index (χ0n) is 12.1. The van der Waals surface area contributed by atoms with E-state index in [-0.39, 0.29) is 5.91 Å². The highest BCUT2D eigenvalue weighted by atomic mass is 16.1. The van der Waals surface area contributed by atoms with E-state index in [2.05, 4.69) is 10.2 Å². The Morgan fingerprint density at radius 3 is 2.50 bits per heavy atom. The number of nitrogens with one attached hydrogen (secondary N) is 1. The molecule has 1 saturated heterocycles. The van der Waals surface area contributed by atoms with Crippen LogP contribution in [0.4, 0.5) is 5.69 Å². The largest absolute Gasteiger partial charge is 0.326 e. The van der Waals surface area contributed by atoms with E-state index in [1.54, 1.807) is 0 Å².